The number of imidazole rings is 1. The van der Waals surface area contributed by atoms with E-state index in [2.05, 4.69) is 10.3 Å². The monoisotopic (exact) mass is 186 g/mol. The number of hydrogen-bond donors (Lipinski definition) is 1. The molecule has 0 saturated heterocycles. The van der Waals surface area contributed by atoms with Gasteiger partial charge in [0.05, 0.1) is 11.2 Å². The van der Waals surface area contributed by atoms with Crippen LogP contribution in [0.15, 0.2) is 24.7 Å². The minimum absolute atomic E-state index is 0.377. The van der Waals surface area contributed by atoms with Crippen LogP contribution in [0, 0.1) is 11.3 Å². The van der Waals surface area contributed by atoms with Crippen LogP contribution in [0.2, 0.25) is 0 Å². The molecule has 0 aliphatic carbocycles. The zero-order valence-electron chi connectivity index (χ0n) is 7.14. The number of hydrogen-bond acceptors (Lipinski definition) is 3. The highest BCUT2D eigenvalue weighted by Crippen LogP contribution is 2.12. The molecule has 68 valence electrons. The van der Waals surface area contributed by atoms with Gasteiger partial charge in [0.15, 0.2) is 5.69 Å². The van der Waals surface area contributed by atoms with Crippen molar-refractivity contribution >= 4 is 17.6 Å². The summed E-state index contributed by atoms with van der Waals surface area (Å²) in [6.45, 7) is 0. The van der Waals surface area contributed by atoms with E-state index >= 15 is 0 Å². The molecule has 2 heterocycles. The van der Waals surface area contributed by atoms with Gasteiger partial charge in [0, 0.05) is 6.20 Å². The molecule has 1 N–H and O–H groups in total. The Morgan fingerprint density at radius 2 is 2.43 bits per heavy atom. The molecule has 14 heavy (non-hydrogen) atoms. The van der Waals surface area contributed by atoms with Crippen LogP contribution in [-0.2, 0) is 4.79 Å². The van der Waals surface area contributed by atoms with Gasteiger partial charge in [-0.25, -0.2) is 4.98 Å². The van der Waals surface area contributed by atoms with E-state index in [1.54, 1.807) is 22.7 Å². The summed E-state index contributed by atoms with van der Waals surface area (Å²) in [6, 6.07) is 5.43. The maximum Gasteiger partial charge on any atom is 0.211 e. The van der Waals surface area contributed by atoms with Gasteiger partial charge in [-0.2, -0.15) is 5.26 Å². The summed E-state index contributed by atoms with van der Waals surface area (Å²) in [6.07, 6.45) is 3.82. The molecule has 0 unspecified atom stereocenters. The Balaban J connectivity index is 2.58. The highest BCUT2D eigenvalue weighted by molar-refractivity contribution is 5.72. The standard InChI is InChI=1S/C9H6N4O/c10-3-8-9-2-1-7(12-6-14)4-13(9)5-11-8/h1-2,4-6H,(H,12,14). The Hall–Kier alpha value is -2.35. The van der Waals surface area contributed by atoms with Crippen LogP contribution in [-0.4, -0.2) is 15.8 Å². The molecular weight excluding hydrogens is 180 g/mol. The first-order chi connectivity index (χ1) is 6.85. The average Bonchev–Trinajstić information content (AvgIpc) is 2.60. The summed E-state index contributed by atoms with van der Waals surface area (Å²) >= 11 is 0. The first-order valence-corrected chi connectivity index (χ1v) is 3.92. The van der Waals surface area contributed by atoms with Gasteiger partial charge in [0.1, 0.15) is 12.4 Å². The summed E-state index contributed by atoms with van der Waals surface area (Å²) in [4.78, 5) is 14.1. The Morgan fingerprint density at radius 3 is 3.14 bits per heavy atom. The number of fused-ring (bicyclic) bond motifs is 1. The molecule has 0 bridgehead atoms. The van der Waals surface area contributed by atoms with Crippen LogP contribution in [0.25, 0.3) is 5.52 Å². The number of rotatable bonds is 2. The first kappa shape index (κ1) is 8.26. The summed E-state index contributed by atoms with van der Waals surface area (Å²) in [5.74, 6) is 0. The van der Waals surface area contributed by atoms with E-state index in [1.165, 1.54) is 6.33 Å². The molecule has 5 heteroatoms. The van der Waals surface area contributed by atoms with Crippen molar-refractivity contribution in [3.8, 4) is 6.07 Å². The smallest absolute Gasteiger partial charge is 0.211 e. The molecule has 2 aromatic rings. The van der Waals surface area contributed by atoms with Crippen molar-refractivity contribution in [2.45, 2.75) is 0 Å². The lowest BCUT2D eigenvalue weighted by atomic mass is 10.3. The summed E-state index contributed by atoms with van der Waals surface area (Å²) in [5.41, 5.74) is 1.76. The minimum Gasteiger partial charge on any atom is -0.327 e. The van der Waals surface area contributed by atoms with Gasteiger partial charge in [0.2, 0.25) is 6.41 Å². The van der Waals surface area contributed by atoms with E-state index in [0.29, 0.717) is 17.8 Å². The Kier molecular flexibility index (Phi) is 1.88. The van der Waals surface area contributed by atoms with E-state index in [1.807, 2.05) is 6.07 Å². The third-order valence-corrected chi connectivity index (χ3v) is 1.86. The molecule has 2 aromatic heterocycles. The number of carbonyl (C=O) groups is 1. The largest absolute Gasteiger partial charge is 0.327 e. The van der Waals surface area contributed by atoms with Gasteiger partial charge >= 0.3 is 0 Å². The Labute approximate surface area is 79.6 Å². The zero-order chi connectivity index (χ0) is 9.97. The quantitative estimate of drug-likeness (QED) is 0.704. The molecule has 0 fully saturated rings. The van der Waals surface area contributed by atoms with Crippen molar-refractivity contribution in [3.05, 3.63) is 30.4 Å². The first-order valence-electron chi connectivity index (χ1n) is 3.92. The lowest BCUT2D eigenvalue weighted by Gasteiger charge is -1.98. The highest BCUT2D eigenvalue weighted by atomic mass is 16.1. The van der Waals surface area contributed by atoms with Gasteiger partial charge in [-0.15, -0.1) is 0 Å². The van der Waals surface area contributed by atoms with Crippen LogP contribution in [0.5, 0.6) is 0 Å². The molecule has 0 aromatic carbocycles. The lowest BCUT2D eigenvalue weighted by Crippen LogP contribution is -1.95. The number of carbonyl (C=O) groups excluding carboxylic acids is 1. The molecule has 1 amide bonds. The fourth-order valence-corrected chi connectivity index (χ4v) is 1.24. The predicted molar refractivity (Wildman–Crippen MR) is 49.6 cm³/mol. The van der Waals surface area contributed by atoms with Gasteiger partial charge in [-0.1, -0.05) is 0 Å². The van der Waals surface area contributed by atoms with Crippen molar-refractivity contribution in [2.75, 3.05) is 5.32 Å². The van der Waals surface area contributed by atoms with E-state index in [0.717, 1.165) is 5.52 Å². The minimum atomic E-state index is 0.377. The maximum absolute atomic E-state index is 10.2. The normalized spacial score (nSPS) is 9.64. The summed E-state index contributed by atoms with van der Waals surface area (Å²) in [5, 5.41) is 11.2. The molecule has 0 aliphatic rings. The molecule has 0 atom stereocenters. The fraction of sp³-hybridized carbons (Fsp3) is 0. The fourth-order valence-electron chi connectivity index (χ4n) is 1.24. The Bertz CT molecular complexity index is 523. The third kappa shape index (κ3) is 1.19. The summed E-state index contributed by atoms with van der Waals surface area (Å²) in [7, 11) is 0. The van der Waals surface area contributed by atoms with Crippen molar-refractivity contribution < 1.29 is 4.79 Å². The van der Waals surface area contributed by atoms with Crippen molar-refractivity contribution in [1.29, 1.82) is 5.26 Å². The van der Waals surface area contributed by atoms with Crippen LogP contribution in [0.1, 0.15) is 5.69 Å². The highest BCUT2D eigenvalue weighted by Gasteiger charge is 2.02. The van der Waals surface area contributed by atoms with Crippen LogP contribution < -0.4 is 5.32 Å². The molecule has 2 rings (SSSR count). The second kappa shape index (κ2) is 3.18. The topological polar surface area (TPSA) is 70.2 Å². The van der Waals surface area contributed by atoms with Gasteiger partial charge in [-0.3, -0.25) is 4.79 Å². The van der Waals surface area contributed by atoms with E-state index in [-0.39, 0.29) is 0 Å². The van der Waals surface area contributed by atoms with Gasteiger partial charge < -0.3 is 9.72 Å². The third-order valence-electron chi connectivity index (χ3n) is 1.86. The second-order valence-corrected chi connectivity index (χ2v) is 2.68. The molecular formula is C9H6N4O. The molecule has 5 nitrogen and oxygen atoms in total. The van der Waals surface area contributed by atoms with Crippen molar-refractivity contribution in [2.24, 2.45) is 0 Å². The number of amides is 1. The number of nitriles is 1. The van der Waals surface area contributed by atoms with Crippen LogP contribution >= 0.6 is 0 Å². The predicted octanol–water partition coefficient (Wildman–Crippen LogP) is 0.774. The van der Waals surface area contributed by atoms with Crippen LogP contribution in [0.3, 0.4) is 0 Å². The van der Waals surface area contributed by atoms with E-state index in [9.17, 15) is 4.79 Å². The number of nitrogens with zero attached hydrogens (tertiary/aromatic N) is 3. The maximum atomic E-state index is 10.2. The average molecular weight is 186 g/mol. The van der Waals surface area contributed by atoms with Gasteiger partial charge in [0.25, 0.3) is 0 Å². The number of pyridine rings is 1. The zero-order valence-corrected chi connectivity index (χ0v) is 7.14. The van der Waals surface area contributed by atoms with Crippen molar-refractivity contribution in [3.63, 3.8) is 0 Å². The van der Waals surface area contributed by atoms with E-state index in [4.69, 9.17) is 5.26 Å². The Morgan fingerprint density at radius 1 is 1.57 bits per heavy atom. The van der Waals surface area contributed by atoms with Crippen LogP contribution in [0.4, 0.5) is 5.69 Å². The number of anilines is 1. The second-order valence-electron chi connectivity index (χ2n) is 2.68. The SMILES string of the molecule is N#Cc1ncn2cc(NC=O)ccc12. The molecule has 0 aliphatic heterocycles. The molecule has 0 radical (unpaired) electrons. The summed E-state index contributed by atoms with van der Waals surface area (Å²) < 4.78 is 1.68. The van der Waals surface area contributed by atoms with Gasteiger partial charge in [-0.05, 0) is 12.1 Å². The molecule has 0 spiro atoms. The molecule has 0 saturated carbocycles. The number of aromatic nitrogens is 2. The van der Waals surface area contributed by atoms with E-state index < -0.39 is 0 Å². The lowest BCUT2D eigenvalue weighted by molar-refractivity contribution is -0.105. The van der Waals surface area contributed by atoms with Crippen molar-refractivity contribution in [1.82, 2.24) is 9.38 Å². The number of nitrogens with one attached hydrogen (secondary N) is 1.